The lowest BCUT2D eigenvalue weighted by atomic mass is 10.1. The van der Waals surface area contributed by atoms with Crippen LogP contribution in [-0.4, -0.2) is 48.1 Å². The number of aryl methyl sites for hydroxylation is 2. The van der Waals surface area contributed by atoms with E-state index in [0.29, 0.717) is 23.2 Å². The fourth-order valence-electron chi connectivity index (χ4n) is 3.79. The number of sulfonamides is 2. The van der Waals surface area contributed by atoms with E-state index < -0.39 is 20.0 Å². The first-order chi connectivity index (χ1) is 14.4. The van der Waals surface area contributed by atoms with E-state index in [2.05, 4.69) is 10.0 Å². The Hall–Kier alpha value is -2.43. The molecular formula is C21H27N3O5S2. The van der Waals surface area contributed by atoms with Crippen molar-refractivity contribution < 1.29 is 21.6 Å². The average molecular weight is 466 g/mol. The van der Waals surface area contributed by atoms with Gasteiger partial charge >= 0.3 is 0 Å². The van der Waals surface area contributed by atoms with Crippen LogP contribution in [0, 0.1) is 13.8 Å². The molecule has 2 aromatic rings. The summed E-state index contributed by atoms with van der Waals surface area (Å²) in [5.74, 6) is -0.348. The van der Waals surface area contributed by atoms with Gasteiger partial charge < -0.3 is 5.32 Å². The lowest BCUT2D eigenvalue weighted by Crippen LogP contribution is -2.35. The lowest BCUT2D eigenvalue weighted by molar-refractivity contribution is 0.0954. The van der Waals surface area contributed by atoms with Crippen LogP contribution in [0.2, 0.25) is 0 Å². The summed E-state index contributed by atoms with van der Waals surface area (Å²) in [5, 5.41) is 2.70. The van der Waals surface area contributed by atoms with Crippen LogP contribution in [0.5, 0.6) is 0 Å². The minimum atomic E-state index is -3.67. The topological polar surface area (TPSA) is 113 Å². The lowest BCUT2D eigenvalue weighted by Gasteiger charge is -2.21. The van der Waals surface area contributed by atoms with E-state index in [4.69, 9.17) is 0 Å². The highest BCUT2D eigenvalue weighted by atomic mass is 32.2. The van der Waals surface area contributed by atoms with Gasteiger partial charge in [-0.05, 0) is 68.1 Å². The molecule has 0 radical (unpaired) electrons. The van der Waals surface area contributed by atoms with Crippen molar-refractivity contribution in [3.05, 3.63) is 58.7 Å². The summed E-state index contributed by atoms with van der Waals surface area (Å²) in [4.78, 5) is 12.7. The summed E-state index contributed by atoms with van der Waals surface area (Å²) >= 11 is 0. The molecule has 2 N–H and O–H groups in total. The number of rotatable bonds is 7. The van der Waals surface area contributed by atoms with Crippen LogP contribution in [0.15, 0.2) is 41.3 Å². The van der Waals surface area contributed by atoms with Crippen molar-refractivity contribution in [1.29, 1.82) is 0 Å². The Labute approximate surface area is 183 Å². The van der Waals surface area contributed by atoms with Crippen molar-refractivity contribution in [1.82, 2.24) is 10.0 Å². The van der Waals surface area contributed by atoms with Crippen molar-refractivity contribution >= 4 is 31.6 Å². The number of hydrogen-bond acceptors (Lipinski definition) is 5. The smallest absolute Gasteiger partial charge is 0.251 e. The Morgan fingerprint density at radius 1 is 1.06 bits per heavy atom. The highest BCUT2D eigenvalue weighted by Gasteiger charge is 2.32. The van der Waals surface area contributed by atoms with Crippen LogP contribution in [0.25, 0.3) is 0 Å². The first kappa shape index (κ1) is 23.2. The number of fused-ring (bicyclic) bond motifs is 1. The molecule has 0 aromatic heterocycles. The molecule has 1 amide bonds. The van der Waals surface area contributed by atoms with Crippen LogP contribution in [0.3, 0.4) is 0 Å². The number of nitrogens with zero attached hydrogens (tertiary/aromatic N) is 1. The van der Waals surface area contributed by atoms with Gasteiger partial charge in [0, 0.05) is 24.7 Å². The molecule has 1 unspecified atom stereocenters. The highest BCUT2D eigenvalue weighted by Crippen LogP contribution is 2.34. The predicted octanol–water partition coefficient (Wildman–Crippen LogP) is 1.72. The summed E-state index contributed by atoms with van der Waals surface area (Å²) in [6, 6.07) is 9.91. The van der Waals surface area contributed by atoms with Gasteiger partial charge in [-0.2, -0.15) is 0 Å². The predicted molar refractivity (Wildman–Crippen MR) is 120 cm³/mol. The molecule has 168 valence electrons. The monoisotopic (exact) mass is 465 g/mol. The van der Waals surface area contributed by atoms with Crippen molar-refractivity contribution in [2.24, 2.45) is 0 Å². The minimum absolute atomic E-state index is 0.0469. The molecule has 0 bridgehead atoms. The van der Waals surface area contributed by atoms with E-state index >= 15 is 0 Å². The number of carbonyl (C=O) groups excluding carboxylic acids is 1. The Kier molecular flexibility index (Phi) is 6.45. The summed E-state index contributed by atoms with van der Waals surface area (Å²) in [7, 11) is -7.07. The van der Waals surface area contributed by atoms with Crippen molar-refractivity contribution in [3.63, 3.8) is 0 Å². The molecule has 0 fully saturated rings. The SMILES string of the molecule is Cc1ccc(C)c(S(=O)(=O)NCCNC(=O)c2ccc3c(c2)CC(C)N3S(C)(=O)=O)c1. The zero-order valence-electron chi connectivity index (χ0n) is 18.0. The summed E-state index contributed by atoms with van der Waals surface area (Å²) < 4.78 is 52.9. The molecule has 1 heterocycles. The number of amides is 1. The zero-order valence-corrected chi connectivity index (χ0v) is 19.6. The zero-order chi connectivity index (χ0) is 23.0. The third-order valence-corrected chi connectivity index (χ3v) is 8.06. The fourth-order valence-corrected chi connectivity index (χ4v) is 6.41. The molecule has 0 saturated carbocycles. The van der Waals surface area contributed by atoms with Gasteiger partial charge in [0.1, 0.15) is 0 Å². The molecule has 8 nitrogen and oxygen atoms in total. The number of nitrogens with one attached hydrogen (secondary N) is 2. The van der Waals surface area contributed by atoms with E-state index in [1.807, 2.05) is 19.9 Å². The van der Waals surface area contributed by atoms with Crippen LogP contribution in [0.4, 0.5) is 5.69 Å². The Bertz CT molecular complexity index is 1220. The molecule has 1 aliphatic heterocycles. The first-order valence-electron chi connectivity index (χ1n) is 9.87. The second-order valence-electron chi connectivity index (χ2n) is 7.88. The van der Waals surface area contributed by atoms with Gasteiger partial charge in [0.25, 0.3) is 5.91 Å². The highest BCUT2D eigenvalue weighted by molar-refractivity contribution is 7.92. The number of benzene rings is 2. The molecule has 1 aliphatic rings. The van der Waals surface area contributed by atoms with Gasteiger partial charge in [-0.3, -0.25) is 9.10 Å². The molecule has 31 heavy (non-hydrogen) atoms. The third-order valence-electron chi connectivity index (χ3n) is 5.19. The number of hydrogen-bond donors (Lipinski definition) is 2. The van der Waals surface area contributed by atoms with Crippen LogP contribution in [0.1, 0.15) is 34.0 Å². The van der Waals surface area contributed by atoms with Gasteiger partial charge in [0.2, 0.25) is 20.0 Å². The van der Waals surface area contributed by atoms with E-state index in [1.54, 1.807) is 37.3 Å². The number of carbonyl (C=O) groups is 1. The Balaban J connectivity index is 1.61. The van der Waals surface area contributed by atoms with Crippen LogP contribution < -0.4 is 14.3 Å². The molecular weight excluding hydrogens is 438 g/mol. The van der Waals surface area contributed by atoms with Crippen LogP contribution >= 0.6 is 0 Å². The third kappa shape index (κ3) is 5.08. The molecule has 2 aromatic carbocycles. The average Bonchev–Trinajstić information content (AvgIpc) is 3.02. The maximum absolute atomic E-state index is 12.5. The van der Waals surface area contributed by atoms with Gasteiger partial charge in [-0.25, -0.2) is 21.6 Å². The molecule has 0 saturated heterocycles. The largest absolute Gasteiger partial charge is 0.351 e. The van der Waals surface area contributed by atoms with E-state index in [-0.39, 0.29) is 29.9 Å². The summed E-state index contributed by atoms with van der Waals surface area (Å²) in [6.45, 7) is 5.54. The normalized spacial score (nSPS) is 16.3. The second-order valence-corrected chi connectivity index (χ2v) is 11.5. The maximum Gasteiger partial charge on any atom is 0.251 e. The summed E-state index contributed by atoms with van der Waals surface area (Å²) in [5.41, 5.74) is 3.28. The Morgan fingerprint density at radius 2 is 1.77 bits per heavy atom. The van der Waals surface area contributed by atoms with E-state index in [1.165, 1.54) is 10.6 Å². The van der Waals surface area contributed by atoms with Gasteiger partial charge in [0.15, 0.2) is 0 Å². The fraction of sp³-hybridized carbons (Fsp3) is 0.381. The van der Waals surface area contributed by atoms with Gasteiger partial charge in [-0.1, -0.05) is 12.1 Å². The molecule has 1 atom stereocenters. The maximum atomic E-state index is 12.5. The van der Waals surface area contributed by atoms with Gasteiger partial charge in [0.05, 0.1) is 16.8 Å². The van der Waals surface area contributed by atoms with Crippen molar-refractivity contribution in [3.8, 4) is 0 Å². The summed E-state index contributed by atoms with van der Waals surface area (Å²) in [6.07, 6.45) is 1.69. The standard InChI is InChI=1S/C21H27N3O5S2/c1-14-5-6-15(2)20(11-14)31(28,29)23-10-9-22-21(25)17-7-8-19-18(13-17)12-16(3)24(19)30(4,26)27/h5-8,11,13,16,23H,9-10,12H2,1-4H3,(H,22,25). The molecule has 0 aliphatic carbocycles. The molecule has 0 spiro atoms. The van der Waals surface area contributed by atoms with Crippen molar-refractivity contribution in [2.75, 3.05) is 23.7 Å². The van der Waals surface area contributed by atoms with E-state index in [0.717, 1.165) is 11.1 Å². The van der Waals surface area contributed by atoms with Gasteiger partial charge in [-0.15, -0.1) is 0 Å². The molecule has 3 rings (SSSR count). The van der Waals surface area contributed by atoms with Crippen LogP contribution in [-0.2, 0) is 26.5 Å². The van der Waals surface area contributed by atoms with E-state index in [9.17, 15) is 21.6 Å². The minimum Gasteiger partial charge on any atom is -0.351 e. The number of anilines is 1. The van der Waals surface area contributed by atoms with Crippen molar-refractivity contribution in [2.45, 2.75) is 38.1 Å². The quantitative estimate of drug-likeness (QED) is 0.605. The molecule has 10 heteroatoms. The first-order valence-corrected chi connectivity index (χ1v) is 13.2. The Morgan fingerprint density at radius 3 is 2.45 bits per heavy atom. The second kappa shape index (κ2) is 8.60.